The maximum Gasteiger partial charge on any atom is 0.262 e. The second-order valence-electron chi connectivity index (χ2n) is 8.05. The highest BCUT2D eigenvalue weighted by Crippen LogP contribution is 2.21. The van der Waals surface area contributed by atoms with E-state index in [2.05, 4.69) is 15.1 Å². The number of halogens is 1. The van der Waals surface area contributed by atoms with Crippen molar-refractivity contribution in [3.63, 3.8) is 0 Å². The summed E-state index contributed by atoms with van der Waals surface area (Å²) in [6.07, 6.45) is 0. The van der Waals surface area contributed by atoms with Gasteiger partial charge in [-0.3, -0.25) is 9.69 Å². The maximum absolute atomic E-state index is 13.9. The predicted molar refractivity (Wildman–Crippen MR) is 126 cm³/mol. The number of carbonyl (C=O) groups excluding carboxylic acids is 1. The van der Waals surface area contributed by atoms with Crippen molar-refractivity contribution in [3.8, 4) is 5.75 Å². The molecule has 1 saturated heterocycles. The Bertz CT molecular complexity index is 1050. The van der Waals surface area contributed by atoms with E-state index < -0.39 is 0 Å². The molecule has 1 heterocycles. The molecule has 6 heteroatoms. The van der Waals surface area contributed by atoms with Gasteiger partial charge in [0, 0.05) is 49.7 Å². The Hall–Kier alpha value is -3.38. The summed E-state index contributed by atoms with van der Waals surface area (Å²) in [6.45, 7) is 6.10. The highest BCUT2D eigenvalue weighted by atomic mass is 19.1. The molecule has 3 aromatic carbocycles. The van der Waals surface area contributed by atoms with Crippen molar-refractivity contribution < 1.29 is 13.9 Å². The molecule has 0 atom stereocenters. The third-order valence-electron chi connectivity index (χ3n) is 5.60. The Morgan fingerprint density at radius 3 is 2.44 bits per heavy atom. The molecule has 1 fully saturated rings. The van der Waals surface area contributed by atoms with Crippen LogP contribution in [0.2, 0.25) is 0 Å². The average Bonchev–Trinajstić information content (AvgIpc) is 2.80. The van der Waals surface area contributed by atoms with Crippen LogP contribution in [0.4, 0.5) is 15.8 Å². The summed E-state index contributed by atoms with van der Waals surface area (Å²) in [5.41, 5.74) is 3.69. The number of hydrogen-bond acceptors (Lipinski definition) is 4. The number of anilines is 2. The van der Waals surface area contributed by atoms with Crippen molar-refractivity contribution in [2.24, 2.45) is 0 Å². The van der Waals surface area contributed by atoms with Crippen LogP contribution in [0.3, 0.4) is 0 Å². The number of amides is 1. The molecule has 5 nitrogen and oxygen atoms in total. The normalized spacial score (nSPS) is 14.2. The Balaban J connectivity index is 1.24. The third-order valence-corrected chi connectivity index (χ3v) is 5.60. The first-order valence-electron chi connectivity index (χ1n) is 10.9. The van der Waals surface area contributed by atoms with Gasteiger partial charge in [0.25, 0.3) is 5.91 Å². The standard InChI is InChI=1S/C26H28FN3O2/c1-20-5-4-7-24(17-20)32-19-26(31)28-22-9-11-23(12-10-22)30-15-13-29(14-16-30)18-21-6-2-3-8-25(21)27/h2-12,17H,13-16,18-19H2,1H3,(H,28,31). The molecule has 3 aromatic rings. The van der Waals surface area contributed by atoms with Gasteiger partial charge in [0.2, 0.25) is 0 Å². The number of rotatable bonds is 7. The fourth-order valence-corrected chi connectivity index (χ4v) is 3.84. The highest BCUT2D eigenvalue weighted by molar-refractivity contribution is 5.92. The van der Waals surface area contributed by atoms with Crippen molar-refractivity contribution in [2.75, 3.05) is 43.0 Å². The Morgan fingerprint density at radius 1 is 0.969 bits per heavy atom. The van der Waals surface area contributed by atoms with Gasteiger partial charge >= 0.3 is 0 Å². The topological polar surface area (TPSA) is 44.8 Å². The number of hydrogen-bond donors (Lipinski definition) is 1. The van der Waals surface area contributed by atoms with Gasteiger partial charge in [0.15, 0.2) is 6.61 Å². The minimum absolute atomic E-state index is 0.0326. The SMILES string of the molecule is Cc1cccc(OCC(=O)Nc2ccc(N3CCN(Cc4ccccc4F)CC3)cc2)c1. The molecule has 1 amide bonds. The smallest absolute Gasteiger partial charge is 0.262 e. The van der Waals surface area contributed by atoms with E-state index in [4.69, 9.17) is 4.74 Å². The van der Waals surface area contributed by atoms with Gasteiger partial charge < -0.3 is 15.0 Å². The molecule has 0 aliphatic carbocycles. The van der Waals surface area contributed by atoms with E-state index in [9.17, 15) is 9.18 Å². The van der Waals surface area contributed by atoms with Crippen molar-refractivity contribution in [1.29, 1.82) is 0 Å². The zero-order valence-electron chi connectivity index (χ0n) is 18.3. The fourth-order valence-electron chi connectivity index (χ4n) is 3.84. The van der Waals surface area contributed by atoms with E-state index in [0.29, 0.717) is 12.3 Å². The van der Waals surface area contributed by atoms with Crippen molar-refractivity contribution in [2.45, 2.75) is 13.5 Å². The second-order valence-corrected chi connectivity index (χ2v) is 8.05. The summed E-state index contributed by atoms with van der Waals surface area (Å²) in [6, 6.07) is 22.4. The molecular weight excluding hydrogens is 405 g/mol. The summed E-state index contributed by atoms with van der Waals surface area (Å²) in [4.78, 5) is 16.8. The lowest BCUT2D eigenvalue weighted by atomic mass is 10.1. The first kappa shape index (κ1) is 21.8. The van der Waals surface area contributed by atoms with Crippen LogP contribution >= 0.6 is 0 Å². The number of ether oxygens (including phenoxy) is 1. The largest absolute Gasteiger partial charge is 0.484 e. The van der Waals surface area contributed by atoms with E-state index >= 15 is 0 Å². The molecule has 32 heavy (non-hydrogen) atoms. The van der Waals surface area contributed by atoms with Crippen molar-refractivity contribution in [3.05, 3.63) is 89.7 Å². The minimum atomic E-state index is -0.194. The van der Waals surface area contributed by atoms with Gasteiger partial charge in [-0.25, -0.2) is 4.39 Å². The maximum atomic E-state index is 13.9. The van der Waals surface area contributed by atoms with Gasteiger partial charge in [0.05, 0.1) is 0 Å². The lowest BCUT2D eigenvalue weighted by Gasteiger charge is -2.36. The van der Waals surface area contributed by atoms with E-state index in [-0.39, 0.29) is 18.3 Å². The van der Waals surface area contributed by atoms with Crippen LogP contribution in [0.1, 0.15) is 11.1 Å². The molecule has 0 saturated carbocycles. The number of aryl methyl sites for hydroxylation is 1. The van der Waals surface area contributed by atoms with Crippen LogP contribution in [-0.4, -0.2) is 43.6 Å². The average molecular weight is 434 g/mol. The molecule has 1 aliphatic rings. The van der Waals surface area contributed by atoms with Gasteiger partial charge in [-0.1, -0.05) is 30.3 Å². The van der Waals surface area contributed by atoms with Crippen LogP contribution in [0.15, 0.2) is 72.8 Å². The fraction of sp³-hybridized carbons (Fsp3) is 0.269. The first-order chi connectivity index (χ1) is 15.6. The summed E-state index contributed by atoms with van der Waals surface area (Å²) in [5.74, 6) is 0.350. The first-order valence-corrected chi connectivity index (χ1v) is 10.9. The summed E-state index contributed by atoms with van der Waals surface area (Å²) in [7, 11) is 0. The summed E-state index contributed by atoms with van der Waals surface area (Å²) >= 11 is 0. The number of nitrogens with one attached hydrogen (secondary N) is 1. The molecule has 4 rings (SSSR count). The molecule has 0 spiro atoms. The minimum Gasteiger partial charge on any atom is -0.484 e. The lowest BCUT2D eigenvalue weighted by Crippen LogP contribution is -2.46. The quantitative estimate of drug-likeness (QED) is 0.597. The van der Waals surface area contributed by atoms with E-state index in [1.807, 2.05) is 67.6 Å². The number of benzene rings is 3. The Kier molecular flexibility index (Phi) is 7.02. The summed E-state index contributed by atoms with van der Waals surface area (Å²) < 4.78 is 19.4. The van der Waals surface area contributed by atoms with Crippen molar-refractivity contribution in [1.82, 2.24) is 4.90 Å². The summed E-state index contributed by atoms with van der Waals surface area (Å²) in [5, 5.41) is 2.87. The van der Waals surface area contributed by atoms with Crippen molar-refractivity contribution >= 4 is 17.3 Å². The zero-order chi connectivity index (χ0) is 22.3. The monoisotopic (exact) mass is 433 g/mol. The number of nitrogens with zero attached hydrogens (tertiary/aromatic N) is 2. The molecular formula is C26H28FN3O2. The van der Waals surface area contributed by atoms with Crippen LogP contribution in [0.25, 0.3) is 0 Å². The molecule has 166 valence electrons. The zero-order valence-corrected chi connectivity index (χ0v) is 18.3. The van der Waals surface area contributed by atoms with Crippen LogP contribution in [0, 0.1) is 12.7 Å². The molecule has 0 radical (unpaired) electrons. The second kappa shape index (κ2) is 10.3. The van der Waals surface area contributed by atoms with Gasteiger partial charge in [0.1, 0.15) is 11.6 Å². The van der Waals surface area contributed by atoms with Gasteiger partial charge in [-0.15, -0.1) is 0 Å². The van der Waals surface area contributed by atoms with Gasteiger partial charge in [-0.05, 0) is 55.0 Å². The molecule has 0 unspecified atom stereocenters. The molecule has 1 N–H and O–H groups in total. The predicted octanol–water partition coefficient (Wildman–Crippen LogP) is 4.47. The Morgan fingerprint density at radius 2 is 1.72 bits per heavy atom. The van der Waals surface area contributed by atoms with E-state index in [0.717, 1.165) is 48.7 Å². The highest BCUT2D eigenvalue weighted by Gasteiger charge is 2.18. The molecule has 0 bridgehead atoms. The molecule has 0 aromatic heterocycles. The number of piperazine rings is 1. The lowest BCUT2D eigenvalue weighted by molar-refractivity contribution is -0.118. The number of carbonyl (C=O) groups is 1. The van der Waals surface area contributed by atoms with E-state index in [1.165, 1.54) is 6.07 Å². The Labute approximate surface area is 188 Å². The van der Waals surface area contributed by atoms with Crippen LogP contribution in [0.5, 0.6) is 5.75 Å². The van der Waals surface area contributed by atoms with Crippen LogP contribution < -0.4 is 15.0 Å². The van der Waals surface area contributed by atoms with Gasteiger partial charge in [-0.2, -0.15) is 0 Å². The van der Waals surface area contributed by atoms with E-state index in [1.54, 1.807) is 6.07 Å². The van der Waals surface area contributed by atoms with Crippen LogP contribution in [-0.2, 0) is 11.3 Å². The third kappa shape index (κ3) is 5.86. The molecule has 1 aliphatic heterocycles.